The van der Waals surface area contributed by atoms with Crippen LogP contribution in [0.15, 0.2) is 36.7 Å². The Morgan fingerprint density at radius 1 is 0.894 bits per heavy atom. The molecule has 0 bridgehead atoms. The molecule has 4 atom stereocenters. The monoisotopic (exact) mass is 657 g/mol. The molecule has 0 aliphatic heterocycles. The number of methoxy groups -OCH3 is 1. The van der Waals surface area contributed by atoms with Gasteiger partial charge in [0.15, 0.2) is 6.04 Å². The average molecular weight is 658 g/mol. The second-order valence-corrected chi connectivity index (χ2v) is 13.0. The molecule has 1 heterocycles. The molecule has 1 aromatic carbocycles. The van der Waals surface area contributed by atoms with E-state index in [0.717, 1.165) is 18.4 Å². The fraction of sp³-hybridized carbons (Fsp3) is 0.576. The van der Waals surface area contributed by atoms with Gasteiger partial charge in [-0.2, -0.15) is 5.10 Å². The van der Waals surface area contributed by atoms with Crippen molar-refractivity contribution in [2.24, 2.45) is 11.7 Å². The average Bonchev–Trinajstić information content (AvgIpc) is 3.52. The number of nitrogens with one attached hydrogen (secondary N) is 4. The molecule has 0 spiro atoms. The molecule has 0 saturated heterocycles. The molecule has 2 rings (SSSR count). The summed E-state index contributed by atoms with van der Waals surface area (Å²) in [6, 6.07) is 3.44. The molecule has 2 aromatic rings. The van der Waals surface area contributed by atoms with E-state index in [1.807, 2.05) is 38.1 Å². The fourth-order valence-electron chi connectivity index (χ4n) is 4.67. The van der Waals surface area contributed by atoms with E-state index in [4.69, 9.17) is 5.73 Å². The van der Waals surface area contributed by atoms with Crippen LogP contribution in [0.25, 0.3) is 5.69 Å². The number of esters is 1. The Balaban J connectivity index is 2.10. The third-order valence-electron chi connectivity index (χ3n) is 7.49. The highest BCUT2D eigenvalue weighted by atomic mass is 16.5. The number of aromatic nitrogens is 2. The number of aliphatic hydroxyl groups is 1. The lowest BCUT2D eigenvalue weighted by Crippen LogP contribution is -2.58. The number of carbonyl (C=O) groups is 5. The van der Waals surface area contributed by atoms with Gasteiger partial charge in [0, 0.05) is 6.20 Å². The summed E-state index contributed by atoms with van der Waals surface area (Å²) in [5.74, 6) is -3.27. The maximum Gasteiger partial charge on any atom is 0.330 e. The van der Waals surface area contributed by atoms with E-state index in [1.54, 1.807) is 10.9 Å². The standard InChI is InChI=1S/C33H51N7O7/c1-20(2)16-26(31(45)37-25(10-8-9-15-34)30(44)39-27(19-41)32(46)47-7)38-28(42)21(3)36-29(43)22-17-35-40(18-22)24-13-11-23(12-14-24)33(4,5)6/h11-14,17-18,20-21,25-27,41H,8-10,15-16,19,34H2,1-7H3,(H,36,43)(H,37,45)(H,38,42)(H,39,44)/t21-,25-,26-,27-/m0/s1. The van der Waals surface area contributed by atoms with Crippen molar-refractivity contribution in [1.82, 2.24) is 31.0 Å². The molecule has 0 saturated carbocycles. The molecule has 1 aromatic heterocycles. The Bertz CT molecular complexity index is 1350. The molecule has 4 amide bonds. The number of nitrogens with two attached hydrogens (primary N) is 1. The Kier molecular flexibility index (Phi) is 15.0. The van der Waals surface area contributed by atoms with E-state index in [0.29, 0.717) is 19.4 Å². The molecule has 14 heteroatoms. The Morgan fingerprint density at radius 3 is 2.04 bits per heavy atom. The van der Waals surface area contributed by atoms with Gasteiger partial charge in [-0.3, -0.25) is 19.2 Å². The minimum Gasteiger partial charge on any atom is -0.467 e. The van der Waals surface area contributed by atoms with Gasteiger partial charge in [0.05, 0.1) is 31.2 Å². The summed E-state index contributed by atoms with van der Waals surface area (Å²) in [6.45, 7) is 11.3. The highest BCUT2D eigenvalue weighted by molar-refractivity contribution is 5.98. The van der Waals surface area contributed by atoms with Gasteiger partial charge in [-0.15, -0.1) is 0 Å². The van der Waals surface area contributed by atoms with Crippen LogP contribution in [0.5, 0.6) is 0 Å². The lowest BCUT2D eigenvalue weighted by molar-refractivity contribution is -0.146. The molecule has 260 valence electrons. The van der Waals surface area contributed by atoms with Crippen molar-refractivity contribution in [3.8, 4) is 5.69 Å². The molecule has 0 radical (unpaired) electrons. The smallest absolute Gasteiger partial charge is 0.330 e. The topological polar surface area (TPSA) is 207 Å². The summed E-state index contributed by atoms with van der Waals surface area (Å²) in [5, 5.41) is 24.2. The van der Waals surface area contributed by atoms with Gasteiger partial charge in [-0.25, -0.2) is 9.48 Å². The quantitative estimate of drug-likeness (QED) is 0.106. The zero-order valence-corrected chi connectivity index (χ0v) is 28.5. The maximum atomic E-state index is 13.4. The van der Waals surface area contributed by atoms with Crippen LogP contribution >= 0.6 is 0 Å². The largest absolute Gasteiger partial charge is 0.467 e. The maximum absolute atomic E-state index is 13.4. The molecule has 0 aliphatic carbocycles. The van der Waals surface area contributed by atoms with Crippen LogP contribution in [0.1, 0.15) is 83.1 Å². The van der Waals surface area contributed by atoms with Gasteiger partial charge in [0.2, 0.25) is 17.7 Å². The van der Waals surface area contributed by atoms with Gasteiger partial charge in [-0.1, -0.05) is 46.8 Å². The SMILES string of the molecule is COC(=O)[C@H](CO)NC(=O)[C@H](CCCCN)NC(=O)[C@H](CC(C)C)NC(=O)[C@H](C)NC(=O)c1cnn(-c2ccc(C(C)(C)C)cc2)c1. The number of nitrogens with zero attached hydrogens (tertiary/aromatic N) is 2. The molecule has 0 fully saturated rings. The van der Waals surface area contributed by atoms with Gasteiger partial charge in [0.1, 0.15) is 18.1 Å². The lowest BCUT2D eigenvalue weighted by atomic mass is 9.87. The minimum atomic E-state index is -1.31. The van der Waals surface area contributed by atoms with Crippen LogP contribution in [-0.2, 0) is 29.3 Å². The predicted octanol–water partition coefficient (Wildman–Crippen LogP) is 1.08. The van der Waals surface area contributed by atoms with E-state index in [-0.39, 0.29) is 29.7 Å². The molecular formula is C33H51N7O7. The van der Waals surface area contributed by atoms with Crippen LogP contribution in [0.4, 0.5) is 0 Å². The summed E-state index contributed by atoms with van der Waals surface area (Å²) >= 11 is 0. The highest BCUT2D eigenvalue weighted by Crippen LogP contribution is 2.23. The van der Waals surface area contributed by atoms with Gasteiger partial charge >= 0.3 is 5.97 Å². The zero-order valence-electron chi connectivity index (χ0n) is 28.5. The first-order valence-corrected chi connectivity index (χ1v) is 15.9. The van der Waals surface area contributed by atoms with Crippen LogP contribution in [-0.4, -0.2) is 88.9 Å². The molecular weight excluding hydrogens is 606 g/mol. The van der Waals surface area contributed by atoms with E-state index in [9.17, 15) is 29.1 Å². The third-order valence-corrected chi connectivity index (χ3v) is 7.49. The number of rotatable bonds is 17. The molecule has 7 N–H and O–H groups in total. The van der Waals surface area contributed by atoms with Crippen molar-refractivity contribution in [1.29, 1.82) is 0 Å². The first-order chi connectivity index (χ1) is 22.1. The first-order valence-electron chi connectivity index (χ1n) is 15.9. The van der Waals surface area contributed by atoms with Crippen molar-refractivity contribution in [2.45, 2.75) is 96.8 Å². The minimum absolute atomic E-state index is 0.00422. The molecule has 14 nitrogen and oxygen atoms in total. The van der Waals surface area contributed by atoms with Crippen molar-refractivity contribution >= 4 is 29.6 Å². The Morgan fingerprint density at radius 2 is 1.49 bits per heavy atom. The van der Waals surface area contributed by atoms with Crippen LogP contribution < -0.4 is 27.0 Å². The number of unbranched alkanes of at least 4 members (excludes halogenated alkanes) is 1. The number of hydrogen-bond acceptors (Lipinski definition) is 9. The normalized spacial score (nSPS) is 14.0. The summed E-state index contributed by atoms with van der Waals surface area (Å²) in [4.78, 5) is 64.5. The second-order valence-electron chi connectivity index (χ2n) is 13.0. The summed E-state index contributed by atoms with van der Waals surface area (Å²) < 4.78 is 6.18. The summed E-state index contributed by atoms with van der Waals surface area (Å²) in [6.07, 6.45) is 4.52. The van der Waals surface area contributed by atoms with Crippen LogP contribution in [0.2, 0.25) is 0 Å². The Labute approximate surface area is 276 Å². The van der Waals surface area contributed by atoms with Crippen molar-refractivity contribution in [3.63, 3.8) is 0 Å². The van der Waals surface area contributed by atoms with Gasteiger partial charge in [-0.05, 0) is 68.2 Å². The highest BCUT2D eigenvalue weighted by Gasteiger charge is 2.31. The van der Waals surface area contributed by atoms with Gasteiger partial charge in [0.25, 0.3) is 5.91 Å². The van der Waals surface area contributed by atoms with E-state index < -0.39 is 60.4 Å². The van der Waals surface area contributed by atoms with Gasteiger partial charge < -0.3 is 36.8 Å². The number of hydrogen-bond donors (Lipinski definition) is 6. The molecule has 0 unspecified atom stereocenters. The number of carbonyl (C=O) groups excluding carboxylic acids is 5. The third kappa shape index (κ3) is 12.1. The molecule has 47 heavy (non-hydrogen) atoms. The second kappa shape index (κ2) is 18.1. The van der Waals surface area contributed by atoms with Crippen molar-refractivity contribution in [2.75, 3.05) is 20.3 Å². The number of amides is 4. The van der Waals surface area contributed by atoms with E-state index in [1.165, 1.54) is 13.1 Å². The van der Waals surface area contributed by atoms with Crippen LogP contribution in [0.3, 0.4) is 0 Å². The lowest BCUT2D eigenvalue weighted by Gasteiger charge is -2.26. The number of benzene rings is 1. The number of ether oxygens (including phenoxy) is 1. The number of aliphatic hydroxyl groups excluding tert-OH is 1. The van der Waals surface area contributed by atoms with E-state index >= 15 is 0 Å². The first kappa shape index (κ1) is 38.9. The van der Waals surface area contributed by atoms with Crippen LogP contribution in [0, 0.1) is 5.92 Å². The summed E-state index contributed by atoms with van der Waals surface area (Å²) in [7, 11) is 1.13. The predicted molar refractivity (Wildman–Crippen MR) is 176 cm³/mol. The van der Waals surface area contributed by atoms with Crippen molar-refractivity contribution < 1.29 is 33.8 Å². The van der Waals surface area contributed by atoms with Crippen molar-refractivity contribution in [3.05, 3.63) is 47.8 Å². The van der Waals surface area contributed by atoms with E-state index in [2.05, 4.69) is 51.9 Å². The zero-order chi connectivity index (χ0) is 35.3. The fourth-order valence-corrected chi connectivity index (χ4v) is 4.67. The molecule has 0 aliphatic rings. The Hall–Kier alpha value is -4.30. The summed E-state index contributed by atoms with van der Waals surface area (Å²) in [5.41, 5.74) is 7.77.